The number of anilines is 2. The molecule has 138 valence electrons. The van der Waals surface area contributed by atoms with Crippen LogP contribution in [0.3, 0.4) is 0 Å². The van der Waals surface area contributed by atoms with Crippen molar-refractivity contribution in [3.63, 3.8) is 0 Å². The third-order valence-electron chi connectivity index (χ3n) is 4.00. The lowest BCUT2D eigenvalue weighted by Crippen LogP contribution is -2.26. The molecule has 7 heteroatoms. The number of amides is 1. The Morgan fingerprint density at radius 2 is 1.48 bits per heavy atom. The van der Waals surface area contributed by atoms with Crippen LogP contribution >= 0.6 is 11.6 Å². The summed E-state index contributed by atoms with van der Waals surface area (Å²) < 4.78 is 26.7. The van der Waals surface area contributed by atoms with E-state index < -0.39 is 10.0 Å². The highest BCUT2D eigenvalue weighted by molar-refractivity contribution is 7.92. The number of rotatable bonds is 5. The summed E-state index contributed by atoms with van der Waals surface area (Å²) in [5, 5.41) is 3.27. The number of carbonyl (C=O) groups excluding carboxylic acids is 1. The van der Waals surface area contributed by atoms with Gasteiger partial charge in [0.1, 0.15) is 0 Å². The van der Waals surface area contributed by atoms with Gasteiger partial charge in [-0.05, 0) is 60.7 Å². The van der Waals surface area contributed by atoms with Gasteiger partial charge in [0, 0.05) is 23.3 Å². The van der Waals surface area contributed by atoms with Gasteiger partial charge in [-0.15, -0.1) is 0 Å². The van der Waals surface area contributed by atoms with Gasteiger partial charge in [-0.1, -0.05) is 29.8 Å². The van der Waals surface area contributed by atoms with Crippen LogP contribution < -0.4 is 9.62 Å². The smallest absolute Gasteiger partial charge is 0.264 e. The second kappa shape index (κ2) is 7.82. The van der Waals surface area contributed by atoms with E-state index in [-0.39, 0.29) is 10.8 Å². The van der Waals surface area contributed by atoms with E-state index in [1.54, 1.807) is 60.7 Å². The van der Waals surface area contributed by atoms with Gasteiger partial charge in [0.05, 0.1) is 10.6 Å². The number of para-hydroxylation sites is 1. The van der Waals surface area contributed by atoms with Crippen molar-refractivity contribution in [1.29, 1.82) is 0 Å². The van der Waals surface area contributed by atoms with Crippen LogP contribution in [0.4, 0.5) is 11.4 Å². The molecule has 0 atom stereocenters. The molecule has 3 aromatic rings. The van der Waals surface area contributed by atoms with Gasteiger partial charge in [-0.25, -0.2) is 8.42 Å². The highest BCUT2D eigenvalue weighted by Gasteiger charge is 2.21. The summed E-state index contributed by atoms with van der Waals surface area (Å²) in [6.45, 7) is 0. The van der Waals surface area contributed by atoms with E-state index in [4.69, 9.17) is 11.6 Å². The first-order valence-electron chi connectivity index (χ1n) is 8.09. The van der Waals surface area contributed by atoms with Crippen LogP contribution in [-0.2, 0) is 10.0 Å². The van der Waals surface area contributed by atoms with E-state index in [1.165, 1.54) is 23.5 Å². The number of nitrogens with zero attached hydrogens (tertiary/aromatic N) is 1. The largest absolute Gasteiger partial charge is 0.322 e. The summed E-state index contributed by atoms with van der Waals surface area (Å²) in [6, 6.07) is 21.3. The Bertz CT molecular complexity index is 1030. The molecule has 0 aliphatic carbocycles. The molecule has 0 fully saturated rings. The van der Waals surface area contributed by atoms with Gasteiger partial charge < -0.3 is 5.32 Å². The number of hydrogen-bond donors (Lipinski definition) is 1. The molecule has 27 heavy (non-hydrogen) atoms. The molecule has 0 aliphatic heterocycles. The summed E-state index contributed by atoms with van der Waals surface area (Å²) in [5.41, 5.74) is 1.52. The van der Waals surface area contributed by atoms with Crippen molar-refractivity contribution >= 4 is 38.9 Å². The van der Waals surface area contributed by atoms with Crippen LogP contribution in [-0.4, -0.2) is 21.4 Å². The second-order valence-corrected chi connectivity index (χ2v) is 8.20. The molecule has 0 aliphatic rings. The fourth-order valence-electron chi connectivity index (χ4n) is 2.45. The molecule has 0 saturated heterocycles. The third-order valence-corrected chi connectivity index (χ3v) is 6.05. The Labute approximate surface area is 163 Å². The summed E-state index contributed by atoms with van der Waals surface area (Å²) in [7, 11) is -2.19. The van der Waals surface area contributed by atoms with E-state index in [9.17, 15) is 13.2 Å². The van der Waals surface area contributed by atoms with Crippen molar-refractivity contribution < 1.29 is 13.2 Å². The minimum absolute atomic E-state index is 0.137. The van der Waals surface area contributed by atoms with Gasteiger partial charge in [-0.3, -0.25) is 9.10 Å². The Morgan fingerprint density at radius 1 is 0.889 bits per heavy atom. The predicted octanol–water partition coefficient (Wildman–Crippen LogP) is 4.42. The summed E-state index contributed by atoms with van der Waals surface area (Å²) >= 11 is 5.81. The van der Waals surface area contributed by atoms with Gasteiger partial charge in [0.15, 0.2) is 0 Å². The van der Waals surface area contributed by atoms with E-state index in [2.05, 4.69) is 5.32 Å². The zero-order chi connectivity index (χ0) is 19.4. The molecule has 0 radical (unpaired) electrons. The molecule has 0 aromatic heterocycles. The van der Waals surface area contributed by atoms with Gasteiger partial charge in [0.2, 0.25) is 0 Å². The molecular weight excluding hydrogens is 384 g/mol. The zero-order valence-electron chi connectivity index (χ0n) is 14.5. The lowest BCUT2D eigenvalue weighted by Gasteiger charge is -2.19. The van der Waals surface area contributed by atoms with E-state index in [1.807, 2.05) is 6.07 Å². The molecule has 1 amide bonds. The highest BCUT2D eigenvalue weighted by atomic mass is 35.5. The molecule has 0 unspecified atom stereocenters. The molecular formula is C20H17ClN2O3S. The lowest BCUT2D eigenvalue weighted by atomic mass is 10.2. The number of hydrogen-bond acceptors (Lipinski definition) is 3. The Balaban J connectivity index is 1.76. The molecule has 0 saturated carbocycles. The van der Waals surface area contributed by atoms with Crippen LogP contribution in [0.5, 0.6) is 0 Å². The molecule has 3 rings (SSSR count). The predicted molar refractivity (Wildman–Crippen MR) is 108 cm³/mol. The first-order valence-corrected chi connectivity index (χ1v) is 9.91. The van der Waals surface area contributed by atoms with Crippen LogP contribution in [0.15, 0.2) is 83.8 Å². The minimum Gasteiger partial charge on any atom is -0.322 e. The highest BCUT2D eigenvalue weighted by Crippen LogP contribution is 2.23. The van der Waals surface area contributed by atoms with Crippen molar-refractivity contribution in [3.05, 3.63) is 89.4 Å². The number of nitrogens with one attached hydrogen (secondary N) is 1. The number of sulfonamides is 1. The topological polar surface area (TPSA) is 66.5 Å². The SMILES string of the molecule is CN(c1ccccc1)S(=O)(=O)c1ccc(NC(=O)c2ccc(Cl)cc2)cc1. The van der Waals surface area contributed by atoms with E-state index in [0.717, 1.165) is 0 Å². The first kappa shape index (κ1) is 18.9. The molecule has 3 aromatic carbocycles. The van der Waals surface area contributed by atoms with E-state index >= 15 is 0 Å². The number of carbonyl (C=O) groups is 1. The van der Waals surface area contributed by atoms with Crippen molar-refractivity contribution in [2.24, 2.45) is 0 Å². The Kier molecular flexibility index (Phi) is 5.48. The fraction of sp³-hybridized carbons (Fsp3) is 0.0500. The number of benzene rings is 3. The first-order chi connectivity index (χ1) is 12.9. The minimum atomic E-state index is -3.69. The Morgan fingerprint density at radius 3 is 2.07 bits per heavy atom. The summed E-state index contributed by atoms with van der Waals surface area (Å²) in [5.74, 6) is -0.302. The average molecular weight is 401 g/mol. The van der Waals surface area contributed by atoms with Gasteiger partial charge in [-0.2, -0.15) is 0 Å². The monoisotopic (exact) mass is 400 g/mol. The van der Waals surface area contributed by atoms with Crippen molar-refractivity contribution in [1.82, 2.24) is 0 Å². The molecule has 5 nitrogen and oxygen atoms in total. The average Bonchev–Trinajstić information content (AvgIpc) is 2.69. The third kappa shape index (κ3) is 4.30. The normalized spacial score (nSPS) is 11.0. The van der Waals surface area contributed by atoms with Crippen molar-refractivity contribution in [2.75, 3.05) is 16.7 Å². The maximum absolute atomic E-state index is 12.7. The number of halogens is 1. The fourth-order valence-corrected chi connectivity index (χ4v) is 3.77. The lowest BCUT2D eigenvalue weighted by molar-refractivity contribution is 0.102. The van der Waals surface area contributed by atoms with Gasteiger partial charge in [0.25, 0.3) is 15.9 Å². The van der Waals surface area contributed by atoms with Crippen molar-refractivity contribution in [2.45, 2.75) is 4.90 Å². The van der Waals surface area contributed by atoms with Crippen LogP contribution in [0.1, 0.15) is 10.4 Å². The molecule has 0 bridgehead atoms. The quantitative estimate of drug-likeness (QED) is 0.689. The van der Waals surface area contributed by atoms with E-state index in [0.29, 0.717) is 22.0 Å². The Hall–Kier alpha value is -2.83. The second-order valence-electron chi connectivity index (χ2n) is 5.79. The zero-order valence-corrected chi connectivity index (χ0v) is 16.0. The van der Waals surface area contributed by atoms with Crippen LogP contribution in [0.25, 0.3) is 0 Å². The molecule has 1 N–H and O–H groups in total. The standard InChI is InChI=1S/C20H17ClN2O3S/c1-23(18-5-3-2-4-6-18)27(25,26)19-13-11-17(12-14-19)22-20(24)15-7-9-16(21)10-8-15/h2-14H,1H3,(H,22,24). The summed E-state index contributed by atoms with van der Waals surface area (Å²) in [6.07, 6.45) is 0. The van der Waals surface area contributed by atoms with Crippen LogP contribution in [0, 0.1) is 0 Å². The maximum atomic E-state index is 12.7. The van der Waals surface area contributed by atoms with Crippen LogP contribution in [0.2, 0.25) is 5.02 Å². The maximum Gasteiger partial charge on any atom is 0.264 e. The molecule has 0 heterocycles. The van der Waals surface area contributed by atoms with Gasteiger partial charge >= 0.3 is 0 Å². The molecule has 0 spiro atoms. The summed E-state index contributed by atoms with van der Waals surface area (Å²) in [4.78, 5) is 12.4. The van der Waals surface area contributed by atoms with Crippen molar-refractivity contribution in [3.8, 4) is 0 Å².